The number of rotatable bonds is 5. The molecule has 0 atom stereocenters. The lowest BCUT2D eigenvalue weighted by Crippen LogP contribution is -2.14. The third kappa shape index (κ3) is 4.27. The van der Waals surface area contributed by atoms with Gasteiger partial charge in [0.2, 0.25) is 0 Å². The Morgan fingerprint density at radius 1 is 0.960 bits per heavy atom. The molecular formula is C16H12Cl3N3O2S. The second kappa shape index (κ2) is 7.25. The Morgan fingerprint density at radius 3 is 2.32 bits per heavy atom. The number of halogens is 3. The van der Waals surface area contributed by atoms with Crippen molar-refractivity contribution in [2.45, 2.75) is 11.4 Å². The van der Waals surface area contributed by atoms with E-state index in [1.807, 2.05) is 18.2 Å². The largest absolute Gasteiger partial charge is 0.265 e. The van der Waals surface area contributed by atoms with Crippen LogP contribution in [-0.2, 0) is 16.6 Å². The van der Waals surface area contributed by atoms with Crippen molar-refractivity contribution in [2.75, 3.05) is 4.72 Å². The first kappa shape index (κ1) is 18.1. The number of anilines is 1. The van der Waals surface area contributed by atoms with Crippen LogP contribution in [0.15, 0.2) is 59.6 Å². The standard InChI is InChI=1S/C16H12Cl3N3O2S/c17-12-5-7-13(8-6-12)25(23,24)21-16-15(19)10-22(20-16)9-11-3-1-2-4-14(11)18/h1-8,10H,9H2,(H,20,21). The van der Waals surface area contributed by atoms with Crippen LogP contribution in [-0.4, -0.2) is 18.2 Å². The molecular weight excluding hydrogens is 405 g/mol. The molecule has 0 aliphatic carbocycles. The molecule has 1 heterocycles. The van der Waals surface area contributed by atoms with Gasteiger partial charge in [-0.15, -0.1) is 0 Å². The SMILES string of the molecule is O=S(=O)(Nc1nn(Cc2ccccc2Cl)cc1Cl)c1ccc(Cl)cc1. The fourth-order valence-electron chi connectivity index (χ4n) is 2.15. The summed E-state index contributed by atoms with van der Waals surface area (Å²) in [5.41, 5.74) is 0.843. The zero-order valence-corrected chi connectivity index (χ0v) is 15.7. The molecule has 0 aliphatic rings. The quantitative estimate of drug-likeness (QED) is 0.656. The number of nitrogens with one attached hydrogen (secondary N) is 1. The second-order valence-electron chi connectivity index (χ2n) is 5.17. The molecule has 1 N–H and O–H groups in total. The van der Waals surface area contributed by atoms with E-state index in [9.17, 15) is 8.42 Å². The van der Waals surface area contributed by atoms with E-state index in [0.29, 0.717) is 16.6 Å². The van der Waals surface area contributed by atoms with E-state index in [2.05, 4.69) is 9.82 Å². The zero-order chi connectivity index (χ0) is 18.0. The molecule has 3 aromatic rings. The van der Waals surface area contributed by atoms with Gasteiger partial charge in [0.05, 0.1) is 11.4 Å². The molecule has 2 aromatic carbocycles. The molecule has 25 heavy (non-hydrogen) atoms. The van der Waals surface area contributed by atoms with Gasteiger partial charge in [-0.2, -0.15) is 5.10 Å². The van der Waals surface area contributed by atoms with Crippen molar-refractivity contribution in [3.63, 3.8) is 0 Å². The zero-order valence-electron chi connectivity index (χ0n) is 12.7. The van der Waals surface area contributed by atoms with E-state index in [1.54, 1.807) is 6.07 Å². The number of nitrogens with zero attached hydrogens (tertiary/aromatic N) is 2. The Hall–Kier alpha value is -1.73. The summed E-state index contributed by atoms with van der Waals surface area (Å²) in [7, 11) is -3.82. The van der Waals surface area contributed by atoms with Crippen LogP contribution in [0.2, 0.25) is 15.1 Å². The maximum atomic E-state index is 12.4. The minimum Gasteiger partial charge on any atom is -0.265 e. The summed E-state index contributed by atoms with van der Waals surface area (Å²) < 4.78 is 28.7. The van der Waals surface area contributed by atoms with E-state index in [0.717, 1.165) is 5.56 Å². The monoisotopic (exact) mass is 415 g/mol. The van der Waals surface area contributed by atoms with Crippen molar-refractivity contribution in [3.05, 3.63) is 75.4 Å². The van der Waals surface area contributed by atoms with E-state index < -0.39 is 10.0 Å². The molecule has 0 spiro atoms. The van der Waals surface area contributed by atoms with Crippen LogP contribution in [0.1, 0.15) is 5.56 Å². The van der Waals surface area contributed by atoms with Crippen LogP contribution in [0, 0.1) is 0 Å². The fourth-order valence-corrected chi connectivity index (χ4v) is 3.74. The van der Waals surface area contributed by atoms with Gasteiger partial charge in [-0.25, -0.2) is 8.42 Å². The molecule has 0 amide bonds. The summed E-state index contributed by atoms with van der Waals surface area (Å²) in [5, 5.41) is 5.41. The van der Waals surface area contributed by atoms with Gasteiger partial charge < -0.3 is 0 Å². The maximum Gasteiger partial charge on any atom is 0.263 e. The average Bonchev–Trinajstić information content (AvgIpc) is 2.89. The minimum absolute atomic E-state index is 0.0451. The third-order valence-electron chi connectivity index (χ3n) is 3.36. The summed E-state index contributed by atoms with van der Waals surface area (Å²) in [6, 6.07) is 13.1. The van der Waals surface area contributed by atoms with Crippen molar-refractivity contribution in [1.29, 1.82) is 0 Å². The molecule has 0 aliphatic heterocycles. The van der Waals surface area contributed by atoms with Crippen molar-refractivity contribution < 1.29 is 8.42 Å². The van der Waals surface area contributed by atoms with Crippen molar-refractivity contribution in [2.24, 2.45) is 0 Å². The fraction of sp³-hybridized carbons (Fsp3) is 0.0625. The van der Waals surface area contributed by atoms with Crippen LogP contribution in [0.25, 0.3) is 0 Å². The Morgan fingerprint density at radius 2 is 1.64 bits per heavy atom. The van der Waals surface area contributed by atoms with Crippen molar-refractivity contribution in [3.8, 4) is 0 Å². The van der Waals surface area contributed by atoms with Crippen LogP contribution < -0.4 is 4.72 Å². The lowest BCUT2D eigenvalue weighted by Gasteiger charge is -2.06. The van der Waals surface area contributed by atoms with E-state index in [4.69, 9.17) is 34.8 Å². The van der Waals surface area contributed by atoms with E-state index in [1.165, 1.54) is 35.1 Å². The average molecular weight is 417 g/mol. The lowest BCUT2D eigenvalue weighted by molar-refractivity contribution is 0.600. The molecule has 0 saturated carbocycles. The molecule has 130 valence electrons. The normalized spacial score (nSPS) is 11.5. The number of benzene rings is 2. The summed E-state index contributed by atoms with van der Waals surface area (Å²) in [6.07, 6.45) is 1.53. The molecule has 0 fully saturated rings. The first-order valence-electron chi connectivity index (χ1n) is 7.10. The first-order chi connectivity index (χ1) is 11.8. The number of hydrogen-bond acceptors (Lipinski definition) is 3. The Kier molecular flexibility index (Phi) is 5.24. The minimum atomic E-state index is -3.82. The lowest BCUT2D eigenvalue weighted by atomic mass is 10.2. The molecule has 3 rings (SSSR count). The van der Waals surface area contributed by atoms with Gasteiger partial charge in [-0.1, -0.05) is 53.0 Å². The highest BCUT2D eigenvalue weighted by Crippen LogP contribution is 2.25. The Bertz CT molecular complexity index is 1000. The highest BCUT2D eigenvalue weighted by Gasteiger charge is 2.18. The molecule has 0 bridgehead atoms. The van der Waals surface area contributed by atoms with Gasteiger partial charge >= 0.3 is 0 Å². The summed E-state index contributed by atoms with van der Waals surface area (Å²) >= 11 is 18.0. The van der Waals surface area contributed by atoms with Crippen LogP contribution in [0.5, 0.6) is 0 Å². The van der Waals surface area contributed by atoms with Gasteiger partial charge in [0.15, 0.2) is 5.82 Å². The Labute approximate surface area is 160 Å². The summed E-state index contributed by atoms with van der Waals surface area (Å²) in [4.78, 5) is 0.0635. The predicted molar refractivity (Wildman–Crippen MR) is 100 cm³/mol. The molecule has 0 unspecified atom stereocenters. The topological polar surface area (TPSA) is 64.0 Å². The highest BCUT2D eigenvalue weighted by atomic mass is 35.5. The maximum absolute atomic E-state index is 12.4. The number of sulfonamides is 1. The molecule has 9 heteroatoms. The van der Waals surface area contributed by atoms with Gasteiger partial charge in [-0.3, -0.25) is 9.40 Å². The molecule has 0 saturated heterocycles. The smallest absolute Gasteiger partial charge is 0.263 e. The Balaban J connectivity index is 1.83. The van der Waals surface area contributed by atoms with E-state index >= 15 is 0 Å². The van der Waals surface area contributed by atoms with Gasteiger partial charge in [0.25, 0.3) is 10.0 Å². The molecule has 0 radical (unpaired) electrons. The highest BCUT2D eigenvalue weighted by molar-refractivity contribution is 7.92. The van der Waals surface area contributed by atoms with Crippen molar-refractivity contribution >= 4 is 50.6 Å². The predicted octanol–water partition coefficient (Wildman–Crippen LogP) is 4.69. The van der Waals surface area contributed by atoms with Crippen LogP contribution in [0.4, 0.5) is 5.82 Å². The van der Waals surface area contributed by atoms with Gasteiger partial charge in [-0.05, 0) is 35.9 Å². The first-order valence-corrected chi connectivity index (χ1v) is 9.71. The second-order valence-corrected chi connectivity index (χ2v) is 8.11. The van der Waals surface area contributed by atoms with Crippen LogP contribution >= 0.6 is 34.8 Å². The van der Waals surface area contributed by atoms with Crippen LogP contribution in [0.3, 0.4) is 0 Å². The number of aromatic nitrogens is 2. The number of hydrogen-bond donors (Lipinski definition) is 1. The third-order valence-corrected chi connectivity index (χ3v) is 5.61. The summed E-state index contributed by atoms with van der Waals surface area (Å²) in [6.45, 7) is 0.363. The van der Waals surface area contributed by atoms with Crippen molar-refractivity contribution in [1.82, 2.24) is 9.78 Å². The molecule has 5 nitrogen and oxygen atoms in total. The molecule has 1 aromatic heterocycles. The van der Waals surface area contributed by atoms with Gasteiger partial charge in [0, 0.05) is 16.2 Å². The van der Waals surface area contributed by atoms with Gasteiger partial charge in [0.1, 0.15) is 5.02 Å². The summed E-state index contributed by atoms with van der Waals surface area (Å²) in [5.74, 6) is 0.0451. The van der Waals surface area contributed by atoms with E-state index in [-0.39, 0.29) is 15.7 Å².